The third-order valence-electron chi connectivity index (χ3n) is 2.42. The van der Waals surface area contributed by atoms with Crippen LogP contribution < -0.4 is 0 Å². The summed E-state index contributed by atoms with van der Waals surface area (Å²) in [5, 5.41) is 0. The molecule has 92 valence electrons. The fourth-order valence-electron chi connectivity index (χ4n) is 1.41. The lowest BCUT2D eigenvalue weighted by molar-refractivity contribution is 0.553. The van der Waals surface area contributed by atoms with Crippen LogP contribution in [0.25, 0.3) is 0 Å². The minimum absolute atomic E-state index is 0.342. The molecule has 0 bridgehead atoms. The number of hydrogen-bond donors (Lipinski definition) is 0. The van der Waals surface area contributed by atoms with Gasteiger partial charge in [-0.25, -0.2) is 8.42 Å². The van der Waals surface area contributed by atoms with Crippen LogP contribution in [0.15, 0.2) is 0 Å². The normalized spacial score (nSPS) is 14.5. The van der Waals surface area contributed by atoms with Crippen LogP contribution in [-0.2, 0) is 9.84 Å². The molecule has 0 saturated heterocycles. The Morgan fingerprint density at radius 2 is 1.73 bits per heavy atom. The molecule has 0 fully saturated rings. The van der Waals surface area contributed by atoms with Gasteiger partial charge >= 0.3 is 0 Å². The molecule has 0 aliphatic heterocycles. The first-order valence-corrected chi connectivity index (χ1v) is 8.47. The summed E-state index contributed by atoms with van der Waals surface area (Å²) in [7, 11) is -2.77. The maximum atomic E-state index is 11.4. The van der Waals surface area contributed by atoms with Crippen LogP contribution in [0.1, 0.15) is 46.5 Å². The van der Waals surface area contributed by atoms with Gasteiger partial charge in [0.05, 0.1) is 5.75 Å². The zero-order valence-corrected chi connectivity index (χ0v) is 12.4. The van der Waals surface area contributed by atoms with E-state index < -0.39 is 9.84 Å². The Morgan fingerprint density at radius 3 is 2.20 bits per heavy atom. The van der Waals surface area contributed by atoms with Gasteiger partial charge in [0, 0.05) is 10.6 Å². The van der Waals surface area contributed by atoms with Crippen LogP contribution >= 0.6 is 15.9 Å². The topological polar surface area (TPSA) is 34.1 Å². The van der Waals surface area contributed by atoms with Gasteiger partial charge < -0.3 is 0 Å². The smallest absolute Gasteiger partial charge is 0.150 e. The van der Waals surface area contributed by atoms with Crippen molar-refractivity contribution in [2.75, 3.05) is 11.5 Å². The van der Waals surface area contributed by atoms with Gasteiger partial charge in [-0.05, 0) is 25.2 Å². The number of sulfone groups is 1. The second-order valence-electron chi connectivity index (χ2n) is 4.41. The summed E-state index contributed by atoms with van der Waals surface area (Å²) >= 11 is 3.60. The van der Waals surface area contributed by atoms with Crippen molar-refractivity contribution in [3.05, 3.63) is 0 Å². The van der Waals surface area contributed by atoms with Crippen LogP contribution in [-0.4, -0.2) is 24.8 Å². The third kappa shape index (κ3) is 8.26. The minimum Gasteiger partial charge on any atom is -0.229 e. The molecule has 0 radical (unpaired) electrons. The summed E-state index contributed by atoms with van der Waals surface area (Å²) in [5.41, 5.74) is 0. The zero-order valence-electron chi connectivity index (χ0n) is 10.0. The van der Waals surface area contributed by atoms with E-state index in [4.69, 9.17) is 0 Å². The van der Waals surface area contributed by atoms with Crippen LogP contribution in [0.5, 0.6) is 0 Å². The first kappa shape index (κ1) is 15.4. The van der Waals surface area contributed by atoms with Crippen molar-refractivity contribution in [3.8, 4) is 0 Å². The van der Waals surface area contributed by atoms with Gasteiger partial charge in [0.2, 0.25) is 0 Å². The SMILES string of the molecule is CCCS(=O)(=O)CCCCC(Br)C(C)C. The highest BCUT2D eigenvalue weighted by Crippen LogP contribution is 2.18. The lowest BCUT2D eigenvalue weighted by atomic mass is 10.1. The van der Waals surface area contributed by atoms with Crippen molar-refractivity contribution in [1.82, 2.24) is 0 Å². The summed E-state index contributed by atoms with van der Waals surface area (Å²) in [6.45, 7) is 6.26. The van der Waals surface area contributed by atoms with Crippen molar-refractivity contribution in [2.45, 2.75) is 51.3 Å². The molecule has 0 aliphatic rings. The maximum Gasteiger partial charge on any atom is 0.150 e. The molecule has 0 amide bonds. The van der Waals surface area contributed by atoms with Crippen molar-refractivity contribution in [3.63, 3.8) is 0 Å². The highest BCUT2D eigenvalue weighted by atomic mass is 79.9. The highest BCUT2D eigenvalue weighted by molar-refractivity contribution is 9.09. The second-order valence-corrected chi connectivity index (χ2v) is 7.89. The standard InChI is InChI=1S/C11H23BrO2S/c1-4-8-15(13,14)9-6-5-7-11(12)10(2)3/h10-11H,4-9H2,1-3H3. The number of halogens is 1. The second kappa shape index (κ2) is 7.66. The molecule has 2 nitrogen and oxygen atoms in total. The molecule has 15 heavy (non-hydrogen) atoms. The van der Waals surface area contributed by atoms with Crippen LogP contribution in [0.4, 0.5) is 0 Å². The summed E-state index contributed by atoms with van der Waals surface area (Å²) < 4.78 is 22.8. The number of alkyl halides is 1. The third-order valence-corrected chi connectivity index (χ3v) is 5.88. The number of rotatable bonds is 8. The molecular formula is C11H23BrO2S. The molecule has 0 aromatic rings. The molecule has 0 aromatic heterocycles. The van der Waals surface area contributed by atoms with Gasteiger partial charge in [-0.15, -0.1) is 0 Å². The molecule has 4 heteroatoms. The van der Waals surface area contributed by atoms with Crippen molar-refractivity contribution in [2.24, 2.45) is 5.92 Å². The van der Waals surface area contributed by atoms with Crippen molar-refractivity contribution in [1.29, 1.82) is 0 Å². The average Bonchev–Trinajstić information content (AvgIpc) is 2.11. The van der Waals surface area contributed by atoms with E-state index in [9.17, 15) is 8.42 Å². The molecule has 0 N–H and O–H groups in total. The first-order valence-electron chi connectivity index (χ1n) is 5.73. The molecular weight excluding hydrogens is 276 g/mol. The average molecular weight is 299 g/mol. The fourth-order valence-corrected chi connectivity index (χ4v) is 3.20. The van der Waals surface area contributed by atoms with E-state index >= 15 is 0 Å². The fraction of sp³-hybridized carbons (Fsp3) is 1.00. The van der Waals surface area contributed by atoms with Gasteiger partial charge in [0.1, 0.15) is 9.84 Å². The Balaban J connectivity index is 3.63. The van der Waals surface area contributed by atoms with E-state index in [0.717, 1.165) is 25.7 Å². The molecule has 1 atom stereocenters. The molecule has 0 heterocycles. The Labute approximate surface area is 103 Å². The van der Waals surface area contributed by atoms with Crippen LogP contribution in [0, 0.1) is 5.92 Å². The Hall–Kier alpha value is 0.430. The van der Waals surface area contributed by atoms with Gasteiger partial charge in [-0.1, -0.05) is 43.1 Å². The number of unbranched alkanes of at least 4 members (excludes halogenated alkanes) is 1. The number of hydrogen-bond acceptors (Lipinski definition) is 2. The summed E-state index contributed by atoms with van der Waals surface area (Å²) in [6.07, 6.45) is 3.60. The molecule has 0 saturated carbocycles. The molecule has 0 aliphatic carbocycles. The van der Waals surface area contributed by atoms with Crippen LogP contribution in [0.2, 0.25) is 0 Å². The van der Waals surface area contributed by atoms with E-state index in [0.29, 0.717) is 22.3 Å². The van der Waals surface area contributed by atoms with Gasteiger partial charge in [-0.3, -0.25) is 0 Å². The quantitative estimate of drug-likeness (QED) is 0.508. The minimum atomic E-state index is -2.77. The van der Waals surface area contributed by atoms with E-state index in [-0.39, 0.29) is 0 Å². The summed E-state index contributed by atoms with van der Waals surface area (Å²) in [6, 6.07) is 0. The highest BCUT2D eigenvalue weighted by Gasteiger charge is 2.11. The Kier molecular flexibility index (Phi) is 7.88. The van der Waals surface area contributed by atoms with Crippen LogP contribution in [0.3, 0.4) is 0 Å². The van der Waals surface area contributed by atoms with E-state index in [1.807, 2.05) is 6.92 Å². The van der Waals surface area contributed by atoms with Crippen molar-refractivity contribution < 1.29 is 8.42 Å². The Morgan fingerprint density at radius 1 is 1.13 bits per heavy atom. The van der Waals surface area contributed by atoms with Crippen molar-refractivity contribution >= 4 is 25.8 Å². The van der Waals surface area contributed by atoms with Gasteiger partial charge in [0.15, 0.2) is 0 Å². The van der Waals surface area contributed by atoms with Gasteiger partial charge in [-0.2, -0.15) is 0 Å². The molecule has 1 unspecified atom stereocenters. The molecule has 0 rings (SSSR count). The van der Waals surface area contributed by atoms with E-state index in [1.54, 1.807) is 0 Å². The maximum absolute atomic E-state index is 11.4. The lowest BCUT2D eigenvalue weighted by Crippen LogP contribution is -2.12. The van der Waals surface area contributed by atoms with E-state index in [1.165, 1.54) is 0 Å². The summed E-state index contributed by atoms with van der Waals surface area (Å²) in [5.74, 6) is 1.32. The van der Waals surface area contributed by atoms with Gasteiger partial charge in [0.25, 0.3) is 0 Å². The zero-order chi connectivity index (χ0) is 11.9. The summed E-state index contributed by atoms with van der Waals surface area (Å²) in [4.78, 5) is 0.520. The molecule has 0 spiro atoms. The molecule has 0 aromatic carbocycles. The predicted octanol–water partition coefficient (Wildman–Crippen LogP) is 3.40. The van der Waals surface area contributed by atoms with E-state index in [2.05, 4.69) is 29.8 Å². The monoisotopic (exact) mass is 298 g/mol. The first-order chi connectivity index (χ1) is 6.89. The Bertz CT molecular complexity index is 247. The lowest BCUT2D eigenvalue weighted by Gasteiger charge is -2.12. The largest absolute Gasteiger partial charge is 0.229 e. The predicted molar refractivity (Wildman–Crippen MR) is 70.3 cm³/mol.